The fourth-order valence-electron chi connectivity index (χ4n) is 4.17. The number of aromatic nitrogens is 1. The van der Waals surface area contributed by atoms with Crippen molar-refractivity contribution in [3.8, 4) is 11.5 Å². The van der Waals surface area contributed by atoms with Crippen molar-refractivity contribution in [2.45, 2.75) is 26.1 Å². The van der Waals surface area contributed by atoms with Crippen LogP contribution in [0.15, 0.2) is 74.6 Å². The van der Waals surface area contributed by atoms with Crippen LogP contribution in [0.2, 0.25) is 5.02 Å². The number of alkyl halides is 3. The Bertz CT molecular complexity index is 1700. The van der Waals surface area contributed by atoms with Gasteiger partial charge in [0.05, 0.1) is 33.8 Å². The number of hydrogen-bond acceptors (Lipinski definition) is 7. The Hall–Kier alpha value is -3.35. The molecule has 3 aromatic rings. The Morgan fingerprint density at radius 1 is 1.20 bits per heavy atom. The van der Waals surface area contributed by atoms with E-state index in [-0.39, 0.29) is 28.1 Å². The SMILES string of the molecule is C=CCOc1c(Br)cc(/C=c2\sc3n(c2=O)[C@@H](c2ccc(Cl)cc2)C(C(=O)OCC)=C(C(F)(F)F)N=3)cc1OCC. The number of carbonyl (C=O) groups is 1. The first kappa shape index (κ1) is 30.6. The molecule has 0 N–H and O–H groups in total. The minimum atomic E-state index is -5.00. The molecule has 4 rings (SSSR count). The van der Waals surface area contributed by atoms with Gasteiger partial charge in [-0.25, -0.2) is 9.79 Å². The number of allylic oxidation sites excluding steroid dienone is 1. The Balaban J connectivity index is 1.98. The fraction of sp³-hybridized carbons (Fsp3) is 0.250. The minimum absolute atomic E-state index is 0.0865. The third-order valence-corrected chi connectivity index (χ3v) is 7.58. The van der Waals surface area contributed by atoms with Crippen LogP contribution in [0.5, 0.6) is 11.5 Å². The maximum Gasteiger partial charge on any atom is 0.434 e. The molecule has 0 amide bonds. The molecule has 0 radical (unpaired) electrons. The van der Waals surface area contributed by atoms with Crippen LogP contribution in [0.25, 0.3) is 6.08 Å². The highest BCUT2D eigenvalue weighted by Gasteiger charge is 2.45. The third kappa shape index (κ3) is 6.44. The fourth-order valence-corrected chi connectivity index (χ4v) is 5.87. The number of thiazole rings is 1. The highest BCUT2D eigenvalue weighted by Crippen LogP contribution is 2.39. The lowest BCUT2D eigenvalue weighted by Crippen LogP contribution is -2.41. The second-order valence-corrected chi connectivity index (χ2v) is 10.8. The summed E-state index contributed by atoms with van der Waals surface area (Å²) in [4.78, 5) is 30.3. The molecule has 41 heavy (non-hydrogen) atoms. The van der Waals surface area contributed by atoms with Gasteiger partial charge in [-0.1, -0.05) is 47.7 Å². The van der Waals surface area contributed by atoms with Crippen LogP contribution in [0, 0.1) is 0 Å². The number of rotatable bonds is 9. The van der Waals surface area contributed by atoms with Gasteiger partial charge in [-0.3, -0.25) is 9.36 Å². The summed E-state index contributed by atoms with van der Waals surface area (Å²) in [5, 5.41) is 0.329. The predicted molar refractivity (Wildman–Crippen MR) is 153 cm³/mol. The van der Waals surface area contributed by atoms with Crippen molar-refractivity contribution in [3.05, 3.63) is 101 Å². The average Bonchev–Trinajstić information content (AvgIpc) is 3.22. The number of esters is 1. The third-order valence-electron chi connectivity index (χ3n) is 5.76. The molecule has 0 unspecified atom stereocenters. The summed E-state index contributed by atoms with van der Waals surface area (Å²) in [5.74, 6) is -0.397. The molecule has 0 spiro atoms. The molecule has 0 bridgehead atoms. The minimum Gasteiger partial charge on any atom is -0.490 e. The Kier molecular flexibility index (Phi) is 9.45. The number of fused-ring (bicyclic) bond motifs is 1. The van der Waals surface area contributed by atoms with E-state index in [2.05, 4.69) is 27.5 Å². The maximum absolute atomic E-state index is 14.3. The Labute approximate surface area is 250 Å². The van der Waals surface area contributed by atoms with E-state index < -0.39 is 35.0 Å². The lowest BCUT2D eigenvalue weighted by molar-refractivity contribution is -0.140. The van der Waals surface area contributed by atoms with Gasteiger partial charge in [0.15, 0.2) is 22.0 Å². The number of halogens is 5. The molecular formula is C28H23BrClF3N2O5S. The van der Waals surface area contributed by atoms with Gasteiger partial charge in [-0.2, -0.15) is 13.2 Å². The molecule has 0 aliphatic carbocycles. The second-order valence-electron chi connectivity index (χ2n) is 8.48. The molecule has 216 valence electrons. The van der Waals surface area contributed by atoms with Crippen LogP contribution >= 0.6 is 38.9 Å². The molecule has 2 heterocycles. The lowest BCUT2D eigenvalue weighted by Gasteiger charge is -2.26. The van der Waals surface area contributed by atoms with Gasteiger partial charge in [0, 0.05) is 5.02 Å². The van der Waals surface area contributed by atoms with E-state index in [0.717, 1.165) is 15.9 Å². The van der Waals surface area contributed by atoms with Crippen molar-refractivity contribution in [1.29, 1.82) is 0 Å². The topological polar surface area (TPSA) is 79.1 Å². The van der Waals surface area contributed by atoms with Crippen molar-refractivity contribution in [1.82, 2.24) is 4.57 Å². The van der Waals surface area contributed by atoms with E-state index in [1.807, 2.05) is 0 Å². The molecule has 0 saturated carbocycles. The van der Waals surface area contributed by atoms with Crippen LogP contribution in [0.3, 0.4) is 0 Å². The number of nitrogens with zero attached hydrogens (tertiary/aromatic N) is 2. The van der Waals surface area contributed by atoms with E-state index in [4.69, 9.17) is 25.8 Å². The van der Waals surface area contributed by atoms with Gasteiger partial charge >= 0.3 is 12.1 Å². The molecule has 0 saturated heterocycles. The molecule has 1 aliphatic rings. The molecular weight excluding hydrogens is 649 g/mol. The molecule has 1 aliphatic heterocycles. The number of hydrogen-bond donors (Lipinski definition) is 0. The highest BCUT2D eigenvalue weighted by molar-refractivity contribution is 9.10. The average molecular weight is 672 g/mol. The van der Waals surface area contributed by atoms with Gasteiger partial charge in [0.1, 0.15) is 6.61 Å². The van der Waals surface area contributed by atoms with Gasteiger partial charge in [-0.15, -0.1) is 0 Å². The summed E-state index contributed by atoms with van der Waals surface area (Å²) in [7, 11) is 0. The summed E-state index contributed by atoms with van der Waals surface area (Å²) in [6, 6.07) is 7.71. The Morgan fingerprint density at radius 3 is 2.51 bits per heavy atom. The summed E-state index contributed by atoms with van der Waals surface area (Å²) in [6.07, 6.45) is -1.91. The zero-order chi connectivity index (χ0) is 29.9. The summed E-state index contributed by atoms with van der Waals surface area (Å²) >= 11 is 10.2. The molecule has 0 fully saturated rings. The van der Waals surface area contributed by atoms with Gasteiger partial charge in [0.2, 0.25) is 0 Å². The van der Waals surface area contributed by atoms with E-state index in [9.17, 15) is 22.8 Å². The zero-order valence-corrected chi connectivity index (χ0v) is 24.9. The van der Waals surface area contributed by atoms with Crippen molar-refractivity contribution in [3.63, 3.8) is 0 Å². The normalized spacial score (nSPS) is 15.3. The van der Waals surface area contributed by atoms with E-state index in [1.54, 1.807) is 25.1 Å². The lowest BCUT2D eigenvalue weighted by atomic mass is 9.95. The number of ether oxygens (including phenoxy) is 3. The first-order chi connectivity index (χ1) is 19.5. The zero-order valence-electron chi connectivity index (χ0n) is 21.8. The van der Waals surface area contributed by atoms with E-state index >= 15 is 0 Å². The Morgan fingerprint density at radius 2 is 1.90 bits per heavy atom. The van der Waals surface area contributed by atoms with E-state index in [0.29, 0.717) is 33.2 Å². The molecule has 1 aromatic heterocycles. The van der Waals surface area contributed by atoms with Gasteiger partial charge < -0.3 is 14.2 Å². The first-order valence-corrected chi connectivity index (χ1v) is 14.2. The first-order valence-electron chi connectivity index (χ1n) is 12.3. The van der Waals surface area contributed by atoms with E-state index in [1.165, 1.54) is 37.3 Å². The molecule has 7 nitrogen and oxygen atoms in total. The van der Waals surface area contributed by atoms with Crippen LogP contribution in [-0.4, -0.2) is 36.5 Å². The van der Waals surface area contributed by atoms with Crippen LogP contribution in [0.4, 0.5) is 13.2 Å². The molecule has 2 aromatic carbocycles. The summed E-state index contributed by atoms with van der Waals surface area (Å²) < 4.78 is 60.9. The van der Waals surface area contributed by atoms with Crippen molar-refractivity contribution < 1.29 is 32.2 Å². The molecule has 1 atom stereocenters. The maximum atomic E-state index is 14.3. The quantitative estimate of drug-likeness (QED) is 0.215. The standard InChI is InChI=1S/C28H23BrClF3N2O5S/c1-4-11-40-23-18(29)12-15(13-19(23)38-5-2)14-20-25(36)35-22(16-7-9-17(30)10-8-16)21(26(37)39-6-3)24(28(31,32)33)34-27(35)41-20/h4,7-10,12-14,22H,1,5-6,11H2,2-3H3/b20-14-/t22-/m0/s1. The highest BCUT2D eigenvalue weighted by atomic mass is 79.9. The predicted octanol–water partition coefficient (Wildman–Crippen LogP) is 5.72. The van der Waals surface area contributed by atoms with Crippen molar-refractivity contribution >= 4 is 50.9 Å². The van der Waals surface area contributed by atoms with Crippen LogP contribution < -0.4 is 24.4 Å². The van der Waals surface area contributed by atoms with Crippen LogP contribution in [-0.2, 0) is 9.53 Å². The second kappa shape index (κ2) is 12.7. The smallest absolute Gasteiger partial charge is 0.434 e. The monoisotopic (exact) mass is 670 g/mol. The molecule has 13 heteroatoms. The number of carbonyl (C=O) groups excluding carboxylic acids is 1. The van der Waals surface area contributed by atoms with Gasteiger partial charge in [-0.05, 0) is 71.2 Å². The summed E-state index contributed by atoms with van der Waals surface area (Å²) in [5.41, 5.74) is -2.11. The number of benzene rings is 2. The largest absolute Gasteiger partial charge is 0.490 e. The van der Waals surface area contributed by atoms with Crippen LogP contribution in [0.1, 0.15) is 31.0 Å². The van der Waals surface area contributed by atoms with Crippen molar-refractivity contribution in [2.24, 2.45) is 4.99 Å². The van der Waals surface area contributed by atoms with Gasteiger partial charge in [0.25, 0.3) is 5.56 Å². The summed E-state index contributed by atoms with van der Waals surface area (Å²) in [6.45, 7) is 7.29. The van der Waals surface area contributed by atoms with Crippen molar-refractivity contribution in [2.75, 3.05) is 19.8 Å².